The van der Waals surface area contributed by atoms with Gasteiger partial charge in [0.2, 0.25) is 0 Å². The van der Waals surface area contributed by atoms with E-state index >= 15 is 0 Å². The molecule has 1 rings (SSSR count). The van der Waals surface area contributed by atoms with E-state index in [9.17, 15) is 27.2 Å². The summed E-state index contributed by atoms with van der Waals surface area (Å²) in [5.74, 6) is -3.15. The van der Waals surface area contributed by atoms with E-state index in [0.717, 1.165) is 12.1 Å². The average molecular weight is 367 g/mol. The van der Waals surface area contributed by atoms with Crippen molar-refractivity contribution < 1.29 is 41.7 Å². The maximum atomic E-state index is 13.8. The summed E-state index contributed by atoms with van der Waals surface area (Å²) in [6.07, 6.45) is -6.63. The Morgan fingerprint density at radius 3 is 2.32 bits per heavy atom. The van der Waals surface area contributed by atoms with Crippen molar-refractivity contribution in [2.75, 3.05) is 0 Å². The first-order valence-electron chi connectivity index (χ1n) is 7.03. The molecule has 0 spiro atoms. The lowest BCUT2D eigenvalue weighted by Crippen LogP contribution is -2.44. The first kappa shape index (κ1) is 20.5. The Morgan fingerprint density at radius 2 is 1.84 bits per heavy atom. The van der Waals surface area contributed by atoms with E-state index in [-0.39, 0.29) is 5.56 Å². The highest BCUT2D eigenvalue weighted by molar-refractivity contribution is 5.80. The van der Waals surface area contributed by atoms with Crippen LogP contribution in [0.15, 0.2) is 18.2 Å². The fraction of sp³-hybridized carbons (Fsp3) is 0.467. The lowest BCUT2D eigenvalue weighted by Gasteiger charge is -2.22. The molecule has 0 aliphatic rings. The molecule has 1 atom stereocenters. The third-order valence-corrected chi connectivity index (χ3v) is 2.66. The first-order chi connectivity index (χ1) is 11.3. The number of aliphatic carboxylic acids is 1. The van der Waals surface area contributed by atoms with Crippen LogP contribution in [0, 0.1) is 5.82 Å². The number of carbonyl (C=O) groups excluding carboxylic acids is 1. The minimum atomic E-state index is -4.98. The summed E-state index contributed by atoms with van der Waals surface area (Å²) in [5.41, 5.74) is -1.26. The Hall–Kier alpha value is -2.52. The summed E-state index contributed by atoms with van der Waals surface area (Å²) >= 11 is 0. The molecule has 140 valence electrons. The third kappa shape index (κ3) is 7.73. The van der Waals surface area contributed by atoms with Crippen LogP contribution in [0.4, 0.5) is 22.4 Å². The minimum Gasteiger partial charge on any atom is -0.480 e. The van der Waals surface area contributed by atoms with Crippen molar-refractivity contribution in [1.29, 1.82) is 0 Å². The predicted octanol–water partition coefficient (Wildman–Crippen LogP) is 3.24. The van der Waals surface area contributed by atoms with Gasteiger partial charge in [0, 0.05) is 6.42 Å². The predicted molar refractivity (Wildman–Crippen MR) is 77.6 cm³/mol. The van der Waals surface area contributed by atoms with Gasteiger partial charge < -0.3 is 19.9 Å². The molecule has 0 radical (unpaired) electrons. The van der Waals surface area contributed by atoms with E-state index in [0.29, 0.717) is 6.07 Å². The van der Waals surface area contributed by atoms with E-state index in [4.69, 9.17) is 9.84 Å². The number of rotatable bonds is 5. The molecular weight excluding hydrogens is 350 g/mol. The maximum Gasteiger partial charge on any atom is 0.573 e. The third-order valence-electron chi connectivity index (χ3n) is 2.66. The topological polar surface area (TPSA) is 84.9 Å². The van der Waals surface area contributed by atoms with Crippen LogP contribution in [-0.4, -0.2) is 35.2 Å². The molecule has 0 aliphatic carbocycles. The molecule has 0 heterocycles. The Labute approximate surface area is 140 Å². The summed E-state index contributed by atoms with van der Waals surface area (Å²) in [6, 6.07) is 0.576. The number of hydrogen-bond donors (Lipinski definition) is 2. The van der Waals surface area contributed by atoms with Crippen molar-refractivity contribution in [3.05, 3.63) is 29.6 Å². The molecule has 0 aliphatic heterocycles. The van der Waals surface area contributed by atoms with E-state index in [1.165, 1.54) is 0 Å². The van der Waals surface area contributed by atoms with Gasteiger partial charge in [0.25, 0.3) is 0 Å². The van der Waals surface area contributed by atoms with Crippen LogP contribution in [0.2, 0.25) is 0 Å². The van der Waals surface area contributed by atoms with Gasteiger partial charge in [0.1, 0.15) is 23.2 Å². The zero-order valence-corrected chi connectivity index (χ0v) is 13.6. The molecule has 0 saturated heterocycles. The van der Waals surface area contributed by atoms with Crippen molar-refractivity contribution >= 4 is 12.1 Å². The van der Waals surface area contributed by atoms with Crippen LogP contribution < -0.4 is 10.1 Å². The Kier molecular flexibility index (Phi) is 6.22. The highest BCUT2D eigenvalue weighted by Gasteiger charge is 2.32. The highest BCUT2D eigenvalue weighted by atomic mass is 19.4. The lowest BCUT2D eigenvalue weighted by molar-refractivity contribution is -0.274. The van der Waals surface area contributed by atoms with Gasteiger partial charge in [0.15, 0.2) is 0 Å². The number of nitrogens with one attached hydrogen (secondary N) is 1. The maximum absolute atomic E-state index is 13.8. The molecule has 10 heteroatoms. The second-order valence-electron chi connectivity index (χ2n) is 6.04. The number of carboxylic acid groups (broad SMARTS) is 1. The number of hydrogen-bond acceptors (Lipinski definition) is 4. The fourth-order valence-corrected chi connectivity index (χ4v) is 1.77. The number of halogens is 4. The second kappa shape index (κ2) is 7.58. The molecule has 0 aromatic heterocycles. The highest BCUT2D eigenvalue weighted by Crippen LogP contribution is 2.25. The zero-order chi connectivity index (χ0) is 19.4. The first-order valence-corrected chi connectivity index (χ1v) is 7.03. The number of benzene rings is 1. The van der Waals surface area contributed by atoms with Gasteiger partial charge in [-0.3, -0.25) is 0 Å². The van der Waals surface area contributed by atoms with Crippen LogP contribution in [0.3, 0.4) is 0 Å². The molecule has 1 aromatic carbocycles. The minimum absolute atomic E-state index is 0.370. The number of alkyl carbamates (subject to hydrolysis) is 1. The fourth-order valence-electron chi connectivity index (χ4n) is 1.77. The van der Waals surface area contributed by atoms with Crippen molar-refractivity contribution in [2.24, 2.45) is 0 Å². The molecule has 0 bridgehead atoms. The van der Waals surface area contributed by atoms with E-state index in [2.05, 4.69) is 4.74 Å². The largest absolute Gasteiger partial charge is 0.573 e. The summed E-state index contributed by atoms with van der Waals surface area (Å²) in [6.45, 7) is 4.67. The summed E-state index contributed by atoms with van der Waals surface area (Å²) < 4.78 is 58.9. The molecule has 0 fully saturated rings. The summed E-state index contributed by atoms with van der Waals surface area (Å²) in [7, 11) is 0. The molecule has 1 amide bonds. The van der Waals surface area contributed by atoms with Crippen LogP contribution in [0.1, 0.15) is 26.3 Å². The SMILES string of the molecule is CC(C)(C)OC(=O)NC(Cc1cc(OC(F)(F)F)ccc1F)C(=O)O. The van der Waals surface area contributed by atoms with Gasteiger partial charge in [-0.25, -0.2) is 14.0 Å². The normalized spacial score (nSPS) is 13.1. The van der Waals surface area contributed by atoms with Crippen LogP contribution in [0.5, 0.6) is 5.75 Å². The molecule has 2 N–H and O–H groups in total. The molecule has 25 heavy (non-hydrogen) atoms. The van der Waals surface area contributed by atoms with Crippen molar-refractivity contribution in [3.8, 4) is 5.75 Å². The quantitative estimate of drug-likeness (QED) is 0.781. The molecular formula is C15H17F4NO5. The van der Waals surface area contributed by atoms with Crippen molar-refractivity contribution in [1.82, 2.24) is 5.32 Å². The zero-order valence-electron chi connectivity index (χ0n) is 13.6. The lowest BCUT2D eigenvalue weighted by atomic mass is 10.1. The van der Waals surface area contributed by atoms with Crippen LogP contribution in [0.25, 0.3) is 0 Å². The second-order valence-corrected chi connectivity index (χ2v) is 6.04. The van der Waals surface area contributed by atoms with Gasteiger partial charge in [0.05, 0.1) is 0 Å². The van der Waals surface area contributed by atoms with Crippen LogP contribution in [-0.2, 0) is 16.0 Å². The van der Waals surface area contributed by atoms with Crippen molar-refractivity contribution in [2.45, 2.75) is 45.2 Å². The van der Waals surface area contributed by atoms with Gasteiger partial charge in [-0.2, -0.15) is 0 Å². The van der Waals surface area contributed by atoms with Gasteiger partial charge in [-0.05, 0) is 44.5 Å². The van der Waals surface area contributed by atoms with E-state index in [1.807, 2.05) is 5.32 Å². The van der Waals surface area contributed by atoms with Crippen LogP contribution >= 0.6 is 0 Å². The molecule has 1 unspecified atom stereocenters. The molecule has 6 nitrogen and oxygen atoms in total. The number of carbonyl (C=O) groups is 2. The standard InChI is InChI=1S/C15H17F4NO5/c1-14(2,3)25-13(23)20-11(12(21)22)7-8-6-9(4-5-10(8)16)24-15(17,18)19/h4-6,11H,7H2,1-3H3,(H,20,23)(H,21,22). The smallest absolute Gasteiger partial charge is 0.480 e. The van der Waals surface area contributed by atoms with Gasteiger partial charge in [-0.1, -0.05) is 0 Å². The number of ether oxygens (including phenoxy) is 2. The van der Waals surface area contributed by atoms with E-state index < -0.39 is 48.1 Å². The average Bonchev–Trinajstić information content (AvgIpc) is 2.37. The Bertz CT molecular complexity index is 640. The Morgan fingerprint density at radius 1 is 1.24 bits per heavy atom. The molecule has 0 saturated carbocycles. The van der Waals surface area contributed by atoms with Gasteiger partial charge in [-0.15, -0.1) is 13.2 Å². The van der Waals surface area contributed by atoms with E-state index in [1.54, 1.807) is 20.8 Å². The monoisotopic (exact) mass is 367 g/mol. The van der Waals surface area contributed by atoms with Gasteiger partial charge >= 0.3 is 18.4 Å². The number of alkyl halides is 3. The summed E-state index contributed by atoms with van der Waals surface area (Å²) in [5, 5.41) is 11.2. The van der Waals surface area contributed by atoms with Crippen molar-refractivity contribution in [3.63, 3.8) is 0 Å². The Balaban J connectivity index is 2.93. The number of amides is 1. The summed E-state index contributed by atoms with van der Waals surface area (Å²) in [4.78, 5) is 22.9. The number of carboxylic acids is 1. The molecule has 1 aromatic rings.